The van der Waals surface area contributed by atoms with Gasteiger partial charge in [-0.25, -0.2) is 4.39 Å². The minimum absolute atomic E-state index is 0. The maximum Gasteiger partial charge on any atom is 0.126 e. The number of hydrogen-bond acceptors (Lipinski definition) is 4. The fraction of sp³-hybridized carbons (Fsp3) is 0.184. The van der Waals surface area contributed by atoms with Gasteiger partial charge in [0.25, 0.3) is 0 Å². The summed E-state index contributed by atoms with van der Waals surface area (Å²) >= 11 is 0. The largest absolute Gasteiger partial charge is 0.501 e. The summed E-state index contributed by atoms with van der Waals surface area (Å²) in [5.41, 5.74) is 10.4. The molecule has 0 fully saturated rings. The standard InChI is InChI=1S/C29H26NO.C20H17FNOSi.Ir/c1-19(2)16-21-14-15-30-27(17-21)25-11-7-10-24-26-18-23(12-13-28(26)31-29(24)25)20(3)22-8-5-4-6-9-22;1-24(2,3)14-8-10-18(22-12-14)17-6-4-5-16-15-9-7-13(21)11-19(15)23-20(16)17;/h4-10,12-15,17-20H,16H2,1-3H3;4-5,7-12H,1-3H3;/q2*-1;. The van der Waals surface area contributed by atoms with Crippen molar-refractivity contribution in [3.8, 4) is 22.5 Å². The maximum absolute atomic E-state index is 13.5. The van der Waals surface area contributed by atoms with Crippen LogP contribution in [0, 0.1) is 23.9 Å². The summed E-state index contributed by atoms with van der Waals surface area (Å²) in [6.45, 7) is 13.6. The number of furan rings is 2. The zero-order valence-electron chi connectivity index (χ0n) is 32.4. The van der Waals surface area contributed by atoms with Gasteiger partial charge in [-0.3, -0.25) is 0 Å². The summed E-state index contributed by atoms with van der Waals surface area (Å²) in [4.78, 5) is 9.25. The first-order valence-electron chi connectivity index (χ1n) is 18.9. The van der Waals surface area contributed by atoms with E-state index in [4.69, 9.17) is 8.83 Å². The third-order valence-electron chi connectivity index (χ3n) is 10.3. The number of benzene rings is 5. The smallest absolute Gasteiger partial charge is 0.126 e. The summed E-state index contributed by atoms with van der Waals surface area (Å²) in [5, 5.41) is 5.42. The Morgan fingerprint density at radius 3 is 2.02 bits per heavy atom. The SMILES string of the molecule is CC(C)Cc1ccnc(-c2[c-]ccc3c2oc2ccc(C(C)c4ccccc4)cc23)c1.C[Si](C)(C)c1ccc(-c2[c-]ccc3c2oc2cc(F)ccc23)nc1.[Ir]. The molecule has 1 radical (unpaired) electrons. The first-order chi connectivity index (χ1) is 26.5. The third-order valence-corrected chi connectivity index (χ3v) is 12.3. The van der Waals surface area contributed by atoms with Crippen molar-refractivity contribution < 1.29 is 33.3 Å². The fourth-order valence-electron chi connectivity index (χ4n) is 7.25. The van der Waals surface area contributed by atoms with Crippen molar-refractivity contribution in [3.05, 3.63) is 162 Å². The van der Waals surface area contributed by atoms with E-state index in [0.717, 1.165) is 61.6 Å². The molecule has 7 heteroatoms. The average Bonchev–Trinajstić information content (AvgIpc) is 3.75. The van der Waals surface area contributed by atoms with E-state index >= 15 is 0 Å². The molecule has 0 aliphatic heterocycles. The van der Waals surface area contributed by atoms with Gasteiger partial charge in [0.2, 0.25) is 0 Å². The molecule has 0 aliphatic carbocycles. The number of pyridine rings is 2. The minimum atomic E-state index is -1.38. The summed E-state index contributed by atoms with van der Waals surface area (Å²) in [7, 11) is -1.38. The Kier molecular flexibility index (Phi) is 11.2. The molecular weight excluding hydrogens is 888 g/mol. The third kappa shape index (κ3) is 7.90. The molecule has 56 heavy (non-hydrogen) atoms. The van der Waals surface area contributed by atoms with Crippen molar-refractivity contribution in [2.75, 3.05) is 0 Å². The minimum Gasteiger partial charge on any atom is -0.501 e. The first kappa shape index (κ1) is 39.0. The van der Waals surface area contributed by atoms with Crippen molar-refractivity contribution >= 4 is 57.1 Å². The summed E-state index contributed by atoms with van der Waals surface area (Å²) in [6, 6.07) is 44.7. The Labute approximate surface area is 342 Å². The number of halogens is 1. The van der Waals surface area contributed by atoms with Crippen molar-refractivity contribution in [2.24, 2.45) is 5.92 Å². The molecule has 4 nitrogen and oxygen atoms in total. The Morgan fingerprint density at radius 2 is 1.34 bits per heavy atom. The van der Waals surface area contributed by atoms with E-state index in [1.165, 1.54) is 34.0 Å². The van der Waals surface area contributed by atoms with Gasteiger partial charge in [-0.1, -0.05) is 122 Å². The Hall–Kier alpha value is -5.20. The Morgan fingerprint density at radius 1 is 0.643 bits per heavy atom. The first-order valence-corrected chi connectivity index (χ1v) is 22.4. The number of rotatable bonds is 7. The van der Waals surface area contributed by atoms with Crippen LogP contribution in [0.15, 0.2) is 136 Å². The van der Waals surface area contributed by atoms with Crippen LogP contribution in [0.3, 0.4) is 0 Å². The van der Waals surface area contributed by atoms with E-state index in [9.17, 15) is 4.39 Å². The van der Waals surface area contributed by atoms with Crippen LogP contribution in [0.5, 0.6) is 0 Å². The van der Waals surface area contributed by atoms with Gasteiger partial charge in [-0.15, -0.1) is 36.4 Å². The van der Waals surface area contributed by atoms with E-state index < -0.39 is 8.07 Å². The molecule has 4 heterocycles. The Bertz CT molecular complexity index is 2790. The maximum atomic E-state index is 13.5. The molecule has 0 saturated heterocycles. The quantitative estimate of drug-likeness (QED) is 0.118. The number of fused-ring (bicyclic) bond motifs is 6. The Balaban J connectivity index is 0.000000174. The molecule has 1 atom stereocenters. The fourth-order valence-corrected chi connectivity index (χ4v) is 8.29. The van der Waals surface area contributed by atoms with Gasteiger partial charge in [0.15, 0.2) is 0 Å². The molecule has 5 aromatic carbocycles. The monoisotopic (exact) mass is 931 g/mol. The molecule has 1 unspecified atom stereocenters. The van der Waals surface area contributed by atoms with Crippen LogP contribution in [-0.4, -0.2) is 18.0 Å². The molecule has 4 aromatic heterocycles. The summed E-state index contributed by atoms with van der Waals surface area (Å²) in [6.07, 6.45) is 4.88. The molecular formula is C49H43FIrN2O2Si-2. The van der Waals surface area contributed by atoms with Gasteiger partial charge in [0.1, 0.15) is 17.0 Å². The van der Waals surface area contributed by atoms with E-state index in [1.807, 2.05) is 36.7 Å². The molecule has 0 spiro atoms. The zero-order valence-corrected chi connectivity index (χ0v) is 35.8. The molecule has 9 aromatic rings. The number of nitrogens with zero attached hydrogens (tertiary/aromatic N) is 2. The second-order valence-corrected chi connectivity index (χ2v) is 20.8. The van der Waals surface area contributed by atoms with Gasteiger partial charge in [0, 0.05) is 55.3 Å². The number of hydrogen-bond donors (Lipinski definition) is 0. The molecule has 0 amide bonds. The summed E-state index contributed by atoms with van der Waals surface area (Å²) < 4.78 is 25.7. The normalized spacial score (nSPS) is 12.2. The number of aromatic nitrogens is 2. The zero-order chi connectivity index (χ0) is 38.3. The van der Waals surface area contributed by atoms with E-state index in [0.29, 0.717) is 23.0 Å². The van der Waals surface area contributed by atoms with Crippen LogP contribution in [0.4, 0.5) is 4.39 Å². The van der Waals surface area contributed by atoms with Gasteiger partial charge >= 0.3 is 0 Å². The van der Waals surface area contributed by atoms with Crippen molar-refractivity contribution in [2.45, 2.75) is 52.8 Å². The molecule has 0 aliphatic rings. The van der Waals surface area contributed by atoms with E-state index in [1.54, 1.807) is 6.07 Å². The van der Waals surface area contributed by atoms with Crippen LogP contribution in [-0.2, 0) is 26.5 Å². The van der Waals surface area contributed by atoms with Gasteiger partial charge in [0.05, 0.1) is 19.2 Å². The second kappa shape index (κ2) is 16.1. The molecule has 0 saturated carbocycles. The predicted molar refractivity (Wildman–Crippen MR) is 227 cm³/mol. The molecule has 283 valence electrons. The van der Waals surface area contributed by atoms with Crippen LogP contribution in [0.2, 0.25) is 19.6 Å². The second-order valence-electron chi connectivity index (χ2n) is 15.8. The van der Waals surface area contributed by atoms with E-state index in [-0.39, 0.29) is 25.9 Å². The van der Waals surface area contributed by atoms with Gasteiger partial charge < -0.3 is 18.8 Å². The van der Waals surface area contributed by atoms with Crippen LogP contribution in [0.1, 0.15) is 43.4 Å². The van der Waals surface area contributed by atoms with Gasteiger partial charge in [-0.05, 0) is 70.4 Å². The van der Waals surface area contributed by atoms with E-state index in [2.05, 4.69) is 135 Å². The van der Waals surface area contributed by atoms with Crippen molar-refractivity contribution in [1.82, 2.24) is 9.97 Å². The predicted octanol–water partition coefficient (Wildman–Crippen LogP) is 12.9. The van der Waals surface area contributed by atoms with Crippen LogP contribution >= 0.6 is 0 Å². The molecule has 0 N–H and O–H groups in total. The van der Waals surface area contributed by atoms with Gasteiger partial charge in [-0.2, -0.15) is 0 Å². The van der Waals surface area contributed by atoms with Crippen LogP contribution in [0.25, 0.3) is 66.4 Å². The summed E-state index contributed by atoms with van der Waals surface area (Å²) in [5.74, 6) is 0.621. The molecule has 9 rings (SSSR count). The van der Waals surface area contributed by atoms with Crippen molar-refractivity contribution in [3.63, 3.8) is 0 Å². The topological polar surface area (TPSA) is 52.1 Å². The van der Waals surface area contributed by atoms with Crippen molar-refractivity contribution in [1.29, 1.82) is 0 Å². The van der Waals surface area contributed by atoms with Crippen LogP contribution < -0.4 is 5.19 Å². The molecule has 0 bridgehead atoms. The average molecular weight is 931 g/mol.